The molecule has 5 aromatic heterocycles. The average Bonchev–Trinajstić information content (AvgIpc) is 3.61. The quantitative estimate of drug-likeness (QED) is 0.367. The minimum Gasteiger partial charge on any atom is -0.308 e. The van der Waals surface area contributed by atoms with E-state index < -0.39 is 0 Å². The smallest absolute Gasteiger partial charge is 0.228 e. The van der Waals surface area contributed by atoms with E-state index in [9.17, 15) is 0 Å². The van der Waals surface area contributed by atoms with Gasteiger partial charge in [-0.1, -0.05) is 0 Å². The third kappa shape index (κ3) is 4.49. The largest absolute Gasteiger partial charge is 0.308 e. The zero-order valence-electron chi connectivity index (χ0n) is 21.4. The Morgan fingerprint density at radius 1 is 0.973 bits per heavy atom. The standard InChI is InChI=1S/C26H29N11/c1-34(2)11-12-37-10-9-22(33-37)30-26-28-13-17-5-8-21-23(24(17)31-26)25(36(4)32-21)18-6-7-20(27-14-18)19-15-29-35(3)16-19/h6-7,9-10,13-16H,5,8,11-12H2,1-4H3,(H,28,30,31,33). The maximum Gasteiger partial charge on any atom is 0.228 e. The van der Waals surface area contributed by atoms with Gasteiger partial charge in [0.15, 0.2) is 5.82 Å². The Morgan fingerprint density at radius 2 is 1.86 bits per heavy atom. The molecule has 188 valence electrons. The lowest BCUT2D eigenvalue weighted by Gasteiger charge is -2.16. The number of anilines is 2. The Balaban J connectivity index is 1.32. The summed E-state index contributed by atoms with van der Waals surface area (Å²) in [7, 11) is 7.98. The maximum absolute atomic E-state index is 4.94. The van der Waals surface area contributed by atoms with Crippen molar-refractivity contribution in [2.45, 2.75) is 19.4 Å². The third-order valence-corrected chi connectivity index (χ3v) is 6.55. The number of hydrogen-bond donors (Lipinski definition) is 1. The number of aryl methyl sites for hydroxylation is 4. The van der Waals surface area contributed by atoms with Crippen molar-refractivity contribution >= 4 is 11.8 Å². The number of likely N-dealkylation sites (N-methyl/N-ethyl adjacent to an activating group) is 1. The van der Waals surface area contributed by atoms with Gasteiger partial charge in [-0.05, 0) is 44.6 Å². The van der Waals surface area contributed by atoms with Crippen LogP contribution in [0.5, 0.6) is 0 Å². The topological polar surface area (TPSA) is 107 Å². The minimum absolute atomic E-state index is 0.518. The van der Waals surface area contributed by atoms with Crippen LogP contribution in [0, 0.1) is 0 Å². The molecule has 0 spiro atoms. The van der Waals surface area contributed by atoms with Gasteiger partial charge in [-0.2, -0.15) is 15.3 Å². The van der Waals surface area contributed by atoms with Gasteiger partial charge < -0.3 is 10.2 Å². The van der Waals surface area contributed by atoms with E-state index in [1.165, 1.54) is 0 Å². The fourth-order valence-electron chi connectivity index (χ4n) is 4.68. The fraction of sp³-hybridized carbons (Fsp3) is 0.308. The van der Waals surface area contributed by atoms with Crippen LogP contribution < -0.4 is 5.32 Å². The van der Waals surface area contributed by atoms with Crippen molar-refractivity contribution in [2.24, 2.45) is 14.1 Å². The van der Waals surface area contributed by atoms with E-state index in [2.05, 4.69) is 45.6 Å². The normalized spacial score (nSPS) is 12.6. The predicted molar refractivity (Wildman–Crippen MR) is 141 cm³/mol. The molecule has 6 rings (SSSR count). The number of rotatable bonds is 7. The molecule has 5 heterocycles. The first kappa shape index (κ1) is 23.0. The lowest BCUT2D eigenvalue weighted by atomic mass is 9.92. The van der Waals surface area contributed by atoms with Crippen LogP contribution in [0.1, 0.15) is 11.3 Å². The Morgan fingerprint density at radius 3 is 2.62 bits per heavy atom. The summed E-state index contributed by atoms with van der Waals surface area (Å²) in [6, 6.07) is 6.05. The van der Waals surface area contributed by atoms with E-state index in [1.807, 2.05) is 66.6 Å². The molecule has 0 saturated carbocycles. The third-order valence-electron chi connectivity index (χ3n) is 6.55. The molecule has 11 heteroatoms. The van der Waals surface area contributed by atoms with Crippen LogP contribution in [-0.4, -0.2) is 69.8 Å². The van der Waals surface area contributed by atoms with Crippen LogP contribution >= 0.6 is 0 Å². The van der Waals surface area contributed by atoms with Crippen LogP contribution in [-0.2, 0) is 33.5 Å². The number of pyridine rings is 1. The molecule has 0 unspecified atom stereocenters. The van der Waals surface area contributed by atoms with E-state index in [0.717, 1.165) is 76.8 Å². The molecule has 0 fully saturated rings. The molecule has 37 heavy (non-hydrogen) atoms. The molecule has 0 radical (unpaired) electrons. The minimum atomic E-state index is 0.518. The highest BCUT2D eigenvalue weighted by Crippen LogP contribution is 2.39. The van der Waals surface area contributed by atoms with Gasteiger partial charge in [-0.3, -0.25) is 19.0 Å². The van der Waals surface area contributed by atoms with Crippen molar-refractivity contribution < 1.29 is 0 Å². The van der Waals surface area contributed by atoms with Crippen LogP contribution in [0.4, 0.5) is 11.8 Å². The highest BCUT2D eigenvalue weighted by atomic mass is 15.3. The number of fused-ring (bicyclic) bond motifs is 3. The molecule has 0 amide bonds. The highest BCUT2D eigenvalue weighted by molar-refractivity contribution is 5.84. The van der Waals surface area contributed by atoms with E-state index in [0.29, 0.717) is 5.95 Å². The van der Waals surface area contributed by atoms with Crippen LogP contribution in [0.3, 0.4) is 0 Å². The molecule has 0 aromatic carbocycles. The van der Waals surface area contributed by atoms with Crippen molar-refractivity contribution in [3.8, 4) is 33.8 Å². The molecule has 11 nitrogen and oxygen atoms in total. The first-order chi connectivity index (χ1) is 17.9. The molecule has 5 aromatic rings. The van der Waals surface area contributed by atoms with Crippen molar-refractivity contribution in [2.75, 3.05) is 26.0 Å². The van der Waals surface area contributed by atoms with Gasteiger partial charge in [0.2, 0.25) is 5.95 Å². The fourth-order valence-corrected chi connectivity index (χ4v) is 4.68. The highest BCUT2D eigenvalue weighted by Gasteiger charge is 2.27. The molecule has 0 bridgehead atoms. The molecule has 0 aliphatic heterocycles. The van der Waals surface area contributed by atoms with Crippen molar-refractivity contribution in [1.29, 1.82) is 0 Å². The van der Waals surface area contributed by atoms with Gasteiger partial charge in [0.25, 0.3) is 0 Å². The Kier molecular flexibility index (Phi) is 5.76. The van der Waals surface area contributed by atoms with Crippen LogP contribution in [0.2, 0.25) is 0 Å². The molecule has 1 aliphatic carbocycles. The Labute approximate surface area is 214 Å². The first-order valence-corrected chi connectivity index (χ1v) is 12.3. The van der Waals surface area contributed by atoms with Gasteiger partial charge in [-0.15, -0.1) is 0 Å². The van der Waals surface area contributed by atoms with Gasteiger partial charge in [-0.25, -0.2) is 9.97 Å². The lowest BCUT2D eigenvalue weighted by Crippen LogP contribution is -2.18. The number of aromatic nitrogens is 9. The molecule has 0 saturated heterocycles. The second-order valence-corrected chi connectivity index (χ2v) is 9.59. The molecular formula is C26H29N11. The van der Waals surface area contributed by atoms with Gasteiger partial charge in [0.05, 0.1) is 35.5 Å². The summed E-state index contributed by atoms with van der Waals surface area (Å²) in [6.07, 6.45) is 11.3. The van der Waals surface area contributed by atoms with Gasteiger partial charge >= 0.3 is 0 Å². The van der Waals surface area contributed by atoms with Gasteiger partial charge in [0.1, 0.15) is 0 Å². The second-order valence-electron chi connectivity index (χ2n) is 9.59. The van der Waals surface area contributed by atoms with Crippen molar-refractivity contribution in [3.63, 3.8) is 0 Å². The summed E-state index contributed by atoms with van der Waals surface area (Å²) in [6.45, 7) is 1.73. The van der Waals surface area contributed by atoms with E-state index in [-0.39, 0.29) is 0 Å². The molecule has 1 aliphatic rings. The molecular weight excluding hydrogens is 466 g/mol. The Hall–Kier alpha value is -4.38. The predicted octanol–water partition coefficient (Wildman–Crippen LogP) is 2.94. The summed E-state index contributed by atoms with van der Waals surface area (Å²) in [5.74, 6) is 1.24. The summed E-state index contributed by atoms with van der Waals surface area (Å²) in [5, 5.41) is 17.0. The van der Waals surface area contributed by atoms with E-state index in [4.69, 9.17) is 15.1 Å². The van der Waals surface area contributed by atoms with Gasteiger partial charge in [0, 0.05) is 68.2 Å². The average molecular weight is 496 g/mol. The Bertz CT molecular complexity index is 1560. The first-order valence-electron chi connectivity index (χ1n) is 12.3. The summed E-state index contributed by atoms with van der Waals surface area (Å²) >= 11 is 0. The maximum atomic E-state index is 4.94. The zero-order valence-corrected chi connectivity index (χ0v) is 21.4. The SMILES string of the molecule is CN(C)CCn1ccc(Nc2ncc3c(n2)-c2c(nn(C)c2-c2ccc(-c4cnn(C)c4)nc2)CC3)n1. The molecule has 0 atom stereocenters. The monoisotopic (exact) mass is 495 g/mol. The second kappa shape index (κ2) is 9.25. The van der Waals surface area contributed by atoms with E-state index in [1.54, 1.807) is 4.68 Å². The summed E-state index contributed by atoms with van der Waals surface area (Å²) in [5.41, 5.74) is 7.96. The van der Waals surface area contributed by atoms with Crippen LogP contribution in [0.25, 0.3) is 33.8 Å². The molecule has 1 N–H and O–H groups in total. The van der Waals surface area contributed by atoms with E-state index >= 15 is 0 Å². The number of nitrogens with zero attached hydrogens (tertiary/aromatic N) is 10. The summed E-state index contributed by atoms with van der Waals surface area (Å²) < 4.78 is 5.63. The van der Waals surface area contributed by atoms with Crippen LogP contribution in [0.15, 0.2) is 49.2 Å². The number of nitrogens with one attached hydrogen (secondary N) is 1. The zero-order chi connectivity index (χ0) is 25.5. The number of hydrogen-bond acceptors (Lipinski definition) is 8. The van der Waals surface area contributed by atoms with Crippen molar-refractivity contribution in [3.05, 3.63) is 60.4 Å². The van der Waals surface area contributed by atoms with Crippen molar-refractivity contribution in [1.82, 2.24) is 49.2 Å². The lowest BCUT2D eigenvalue weighted by molar-refractivity contribution is 0.373. The summed E-state index contributed by atoms with van der Waals surface area (Å²) in [4.78, 5) is 16.4.